The number of hydrogen-bond donors (Lipinski definition) is 1. The standard InChI is InChI=1S/C17H21N5O4S/c1-21-15(9-22-4-6-24-7-5-22)19-20-17(21)27-10-16(23)18-12-2-3-13-14(8-12)26-11-25-13/h2-3,8H,4-7,9-11H2,1H3,(H,18,23). The lowest BCUT2D eigenvalue weighted by molar-refractivity contribution is -0.113. The van der Waals surface area contributed by atoms with Gasteiger partial charge in [0.25, 0.3) is 0 Å². The molecule has 1 saturated heterocycles. The number of nitrogens with zero attached hydrogens (tertiary/aromatic N) is 4. The Balaban J connectivity index is 1.30. The quantitative estimate of drug-likeness (QED) is 0.733. The largest absolute Gasteiger partial charge is 0.454 e. The van der Waals surface area contributed by atoms with Crippen molar-refractivity contribution in [3.05, 3.63) is 24.0 Å². The average Bonchev–Trinajstić information content (AvgIpc) is 3.28. The van der Waals surface area contributed by atoms with Gasteiger partial charge in [-0.25, -0.2) is 0 Å². The smallest absolute Gasteiger partial charge is 0.234 e. The first-order chi connectivity index (χ1) is 13.2. The number of thioether (sulfide) groups is 1. The normalized spacial score (nSPS) is 16.5. The van der Waals surface area contributed by atoms with Crippen LogP contribution in [0.1, 0.15) is 5.82 Å². The Morgan fingerprint density at radius 3 is 2.89 bits per heavy atom. The predicted molar refractivity (Wildman–Crippen MR) is 99.0 cm³/mol. The number of carbonyl (C=O) groups excluding carboxylic acids is 1. The van der Waals surface area contributed by atoms with Crippen molar-refractivity contribution in [3.63, 3.8) is 0 Å². The van der Waals surface area contributed by atoms with Crippen molar-refractivity contribution in [1.29, 1.82) is 0 Å². The van der Waals surface area contributed by atoms with Crippen molar-refractivity contribution < 1.29 is 19.0 Å². The zero-order valence-electron chi connectivity index (χ0n) is 15.0. The van der Waals surface area contributed by atoms with E-state index in [4.69, 9.17) is 14.2 Å². The Morgan fingerprint density at radius 1 is 1.22 bits per heavy atom. The van der Waals surface area contributed by atoms with Crippen molar-refractivity contribution in [3.8, 4) is 11.5 Å². The van der Waals surface area contributed by atoms with Crippen molar-refractivity contribution in [2.75, 3.05) is 44.2 Å². The maximum absolute atomic E-state index is 12.2. The van der Waals surface area contributed by atoms with Crippen LogP contribution in [0.3, 0.4) is 0 Å². The lowest BCUT2D eigenvalue weighted by Crippen LogP contribution is -2.36. The van der Waals surface area contributed by atoms with E-state index in [1.54, 1.807) is 18.2 Å². The lowest BCUT2D eigenvalue weighted by atomic mass is 10.3. The summed E-state index contributed by atoms with van der Waals surface area (Å²) in [4.78, 5) is 14.5. The van der Waals surface area contributed by atoms with E-state index in [-0.39, 0.29) is 18.5 Å². The number of aromatic nitrogens is 3. The first-order valence-electron chi connectivity index (χ1n) is 8.70. The zero-order chi connectivity index (χ0) is 18.6. The van der Waals surface area contributed by atoms with E-state index < -0.39 is 0 Å². The van der Waals surface area contributed by atoms with Gasteiger partial charge in [-0.1, -0.05) is 11.8 Å². The maximum Gasteiger partial charge on any atom is 0.234 e. The van der Waals surface area contributed by atoms with Crippen LogP contribution in [0.4, 0.5) is 5.69 Å². The van der Waals surface area contributed by atoms with Gasteiger partial charge in [-0.3, -0.25) is 9.69 Å². The van der Waals surface area contributed by atoms with Gasteiger partial charge in [-0.2, -0.15) is 0 Å². The molecular formula is C17H21N5O4S. The molecule has 27 heavy (non-hydrogen) atoms. The third-order valence-electron chi connectivity index (χ3n) is 4.38. The number of carbonyl (C=O) groups is 1. The summed E-state index contributed by atoms with van der Waals surface area (Å²) in [7, 11) is 1.92. The molecule has 1 amide bonds. The second-order valence-corrected chi connectivity index (χ2v) is 7.19. The molecule has 144 valence electrons. The number of fused-ring (bicyclic) bond motifs is 1. The number of hydrogen-bond acceptors (Lipinski definition) is 8. The molecule has 1 aromatic heterocycles. The maximum atomic E-state index is 12.2. The van der Waals surface area contributed by atoms with Gasteiger partial charge in [0.2, 0.25) is 12.7 Å². The Bertz CT molecular complexity index is 822. The van der Waals surface area contributed by atoms with Gasteiger partial charge >= 0.3 is 0 Å². The summed E-state index contributed by atoms with van der Waals surface area (Å²) >= 11 is 1.36. The highest BCUT2D eigenvalue weighted by atomic mass is 32.2. The van der Waals surface area contributed by atoms with Crippen LogP contribution >= 0.6 is 11.8 Å². The highest BCUT2D eigenvalue weighted by molar-refractivity contribution is 7.99. The number of ether oxygens (including phenoxy) is 3. The molecule has 0 unspecified atom stereocenters. The Hall–Kier alpha value is -2.30. The Morgan fingerprint density at radius 2 is 2.04 bits per heavy atom. The number of morpholine rings is 1. The van der Waals surface area contributed by atoms with Crippen LogP contribution in [0.15, 0.2) is 23.4 Å². The van der Waals surface area contributed by atoms with Gasteiger partial charge in [-0.05, 0) is 12.1 Å². The third-order valence-corrected chi connectivity index (χ3v) is 5.40. The van der Waals surface area contributed by atoms with Crippen LogP contribution in [-0.2, 0) is 23.1 Å². The summed E-state index contributed by atoms with van der Waals surface area (Å²) in [5.41, 5.74) is 0.677. The fourth-order valence-corrected chi connectivity index (χ4v) is 3.60. The van der Waals surface area contributed by atoms with Crippen LogP contribution in [0.25, 0.3) is 0 Å². The highest BCUT2D eigenvalue weighted by Crippen LogP contribution is 2.34. The van der Waals surface area contributed by atoms with Gasteiger partial charge in [-0.15, -0.1) is 10.2 Å². The molecule has 9 nitrogen and oxygen atoms in total. The average molecular weight is 391 g/mol. The first-order valence-corrected chi connectivity index (χ1v) is 9.68. The summed E-state index contributed by atoms with van der Waals surface area (Å²) < 4.78 is 17.9. The van der Waals surface area contributed by atoms with Crippen LogP contribution in [0, 0.1) is 0 Å². The van der Waals surface area contributed by atoms with E-state index in [9.17, 15) is 4.79 Å². The Kier molecular flexibility index (Phi) is 5.46. The van der Waals surface area contributed by atoms with E-state index in [2.05, 4.69) is 20.4 Å². The van der Waals surface area contributed by atoms with E-state index in [0.717, 1.165) is 43.8 Å². The van der Waals surface area contributed by atoms with Crippen LogP contribution in [0.2, 0.25) is 0 Å². The lowest BCUT2D eigenvalue weighted by Gasteiger charge is -2.25. The van der Waals surface area contributed by atoms with Crippen molar-refractivity contribution in [1.82, 2.24) is 19.7 Å². The topological polar surface area (TPSA) is 90.7 Å². The zero-order valence-corrected chi connectivity index (χ0v) is 15.8. The van der Waals surface area contributed by atoms with Crippen LogP contribution in [-0.4, -0.2) is 64.4 Å². The number of anilines is 1. The monoisotopic (exact) mass is 391 g/mol. The van der Waals surface area contributed by atoms with E-state index in [0.29, 0.717) is 17.2 Å². The van der Waals surface area contributed by atoms with Gasteiger partial charge in [0.1, 0.15) is 5.82 Å². The Labute approximate surface area is 161 Å². The molecular weight excluding hydrogens is 370 g/mol. The summed E-state index contributed by atoms with van der Waals surface area (Å²) in [6, 6.07) is 5.33. The fourth-order valence-electron chi connectivity index (χ4n) is 2.87. The fraction of sp³-hybridized carbons (Fsp3) is 0.471. The molecule has 0 spiro atoms. The highest BCUT2D eigenvalue weighted by Gasteiger charge is 2.17. The molecule has 10 heteroatoms. The molecule has 0 bridgehead atoms. The minimum absolute atomic E-state index is 0.114. The number of nitrogens with one attached hydrogen (secondary N) is 1. The van der Waals surface area contributed by atoms with Gasteiger partial charge in [0.15, 0.2) is 16.7 Å². The molecule has 2 aromatic rings. The van der Waals surface area contributed by atoms with Crippen molar-refractivity contribution >= 4 is 23.4 Å². The predicted octanol–water partition coefficient (Wildman–Crippen LogP) is 1.11. The van der Waals surface area contributed by atoms with E-state index in [1.165, 1.54) is 11.8 Å². The molecule has 4 rings (SSSR count). The van der Waals surface area contributed by atoms with Gasteiger partial charge in [0, 0.05) is 31.9 Å². The summed E-state index contributed by atoms with van der Waals surface area (Å²) in [5.74, 6) is 2.35. The second kappa shape index (κ2) is 8.15. The first kappa shape index (κ1) is 18.1. The summed E-state index contributed by atoms with van der Waals surface area (Å²) in [5, 5.41) is 12.0. The van der Waals surface area contributed by atoms with Crippen molar-refractivity contribution in [2.24, 2.45) is 7.05 Å². The molecule has 1 fully saturated rings. The molecule has 2 aliphatic rings. The number of benzene rings is 1. The van der Waals surface area contributed by atoms with E-state index in [1.807, 2.05) is 11.6 Å². The summed E-state index contributed by atoms with van der Waals surface area (Å²) in [6.45, 7) is 4.23. The molecule has 3 heterocycles. The van der Waals surface area contributed by atoms with Crippen molar-refractivity contribution in [2.45, 2.75) is 11.7 Å². The molecule has 0 radical (unpaired) electrons. The summed E-state index contributed by atoms with van der Waals surface area (Å²) in [6.07, 6.45) is 0. The molecule has 2 aliphatic heterocycles. The molecule has 0 atom stereocenters. The molecule has 0 saturated carbocycles. The van der Waals surface area contributed by atoms with Gasteiger partial charge in [0.05, 0.1) is 25.5 Å². The third kappa shape index (κ3) is 4.34. The van der Waals surface area contributed by atoms with Crippen LogP contribution in [0.5, 0.6) is 11.5 Å². The molecule has 1 aromatic carbocycles. The molecule has 0 aliphatic carbocycles. The number of amides is 1. The molecule has 1 N–H and O–H groups in total. The van der Waals surface area contributed by atoms with E-state index >= 15 is 0 Å². The minimum Gasteiger partial charge on any atom is -0.454 e. The minimum atomic E-state index is -0.114. The van der Waals surface area contributed by atoms with Crippen LogP contribution < -0.4 is 14.8 Å². The number of rotatable bonds is 6. The SMILES string of the molecule is Cn1c(CN2CCOCC2)nnc1SCC(=O)Nc1ccc2c(c1)OCO2. The second-order valence-electron chi connectivity index (χ2n) is 6.25. The van der Waals surface area contributed by atoms with Gasteiger partial charge < -0.3 is 24.1 Å².